The first-order valence-corrected chi connectivity index (χ1v) is 7.21. The van der Waals surface area contributed by atoms with Crippen molar-refractivity contribution in [2.75, 3.05) is 0 Å². The Kier molecular flexibility index (Phi) is 3.40. The third kappa shape index (κ3) is 2.28. The first-order chi connectivity index (χ1) is 9.56. The molecule has 0 saturated carbocycles. The molecule has 0 spiro atoms. The van der Waals surface area contributed by atoms with E-state index < -0.39 is 0 Å². The summed E-state index contributed by atoms with van der Waals surface area (Å²) in [6.07, 6.45) is 1.50. The lowest BCUT2D eigenvalue weighted by atomic mass is 10.0. The van der Waals surface area contributed by atoms with Crippen molar-refractivity contribution < 1.29 is 4.42 Å². The molecule has 0 bridgehead atoms. The highest BCUT2D eigenvalue weighted by Gasteiger charge is 2.11. The second kappa shape index (κ2) is 5.08. The number of fused-ring (bicyclic) bond motifs is 1. The molecule has 0 saturated heterocycles. The predicted octanol–water partition coefficient (Wildman–Crippen LogP) is 5.18. The molecule has 100 valence electrons. The van der Waals surface area contributed by atoms with E-state index in [4.69, 9.17) is 16.0 Å². The van der Waals surface area contributed by atoms with Crippen LogP contribution in [0, 0.1) is 6.92 Å². The highest BCUT2D eigenvalue weighted by atomic mass is 79.9. The summed E-state index contributed by atoms with van der Waals surface area (Å²) in [5.74, 6) is 0. The Morgan fingerprint density at radius 1 is 1.10 bits per heavy atom. The fourth-order valence-corrected chi connectivity index (χ4v) is 2.71. The fraction of sp³-hybridized carbons (Fsp3) is 0.0625. The average Bonchev–Trinajstić information content (AvgIpc) is 2.43. The number of rotatable bonds is 1. The van der Waals surface area contributed by atoms with Gasteiger partial charge in [-0.2, -0.15) is 0 Å². The summed E-state index contributed by atoms with van der Waals surface area (Å²) in [6.45, 7) is 1.94. The maximum Gasteiger partial charge on any atom is 0.200 e. The molecule has 4 heteroatoms. The molecule has 3 aromatic rings. The zero-order valence-electron chi connectivity index (χ0n) is 10.6. The zero-order chi connectivity index (χ0) is 14.3. The summed E-state index contributed by atoms with van der Waals surface area (Å²) >= 11 is 9.39. The van der Waals surface area contributed by atoms with E-state index in [0.29, 0.717) is 21.6 Å². The lowest BCUT2D eigenvalue weighted by molar-refractivity contribution is 0.604. The van der Waals surface area contributed by atoms with E-state index >= 15 is 0 Å². The third-order valence-electron chi connectivity index (χ3n) is 3.22. The summed E-state index contributed by atoms with van der Waals surface area (Å²) in [5, 5.41) is 1.15. The quantitative estimate of drug-likeness (QED) is 0.605. The largest absolute Gasteiger partial charge is 0.463 e. The third-order valence-corrected chi connectivity index (χ3v) is 3.95. The molecule has 20 heavy (non-hydrogen) atoms. The van der Waals surface area contributed by atoms with E-state index in [2.05, 4.69) is 15.9 Å². The maximum absolute atomic E-state index is 12.6. The lowest BCUT2D eigenvalue weighted by Crippen LogP contribution is -2.05. The van der Waals surface area contributed by atoms with Crippen molar-refractivity contribution in [2.24, 2.45) is 0 Å². The van der Waals surface area contributed by atoms with Gasteiger partial charge < -0.3 is 4.42 Å². The van der Waals surface area contributed by atoms with E-state index in [0.717, 1.165) is 15.6 Å². The monoisotopic (exact) mass is 348 g/mol. The molecule has 1 heterocycles. The van der Waals surface area contributed by atoms with Crippen LogP contribution < -0.4 is 5.43 Å². The summed E-state index contributed by atoms with van der Waals surface area (Å²) in [6, 6.07) is 10.9. The molecule has 0 radical (unpaired) electrons. The second-order valence-corrected chi connectivity index (χ2v) is 5.93. The summed E-state index contributed by atoms with van der Waals surface area (Å²) in [5.41, 5.74) is 2.82. The number of aryl methyl sites for hydroxylation is 1. The molecule has 0 aliphatic heterocycles. The number of hydrogen-bond acceptors (Lipinski definition) is 2. The van der Waals surface area contributed by atoms with Crippen LogP contribution in [-0.4, -0.2) is 0 Å². The first kappa shape index (κ1) is 13.4. The van der Waals surface area contributed by atoms with E-state index in [1.807, 2.05) is 19.1 Å². The van der Waals surface area contributed by atoms with Crippen molar-refractivity contribution in [3.63, 3.8) is 0 Å². The molecule has 0 aliphatic carbocycles. The predicted molar refractivity (Wildman–Crippen MR) is 85.4 cm³/mol. The van der Waals surface area contributed by atoms with Gasteiger partial charge in [0.05, 0.1) is 10.9 Å². The molecular formula is C16H10BrClO2. The van der Waals surface area contributed by atoms with E-state index in [1.54, 1.807) is 24.3 Å². The van der Waals surface area contributed by atoms with Crippen molar-refractivity contribution in [3.05, 3.63) is 67.9 Å². The van der Waals surface area contributed by atoms with Crippen molar-refractivity contribution in [1.29, 1.82) is 0 Å². The smallest absolute Gasteiger partial charge is 0.200 e. The molecule has 0 fully saturated rings. The zero-order valence-corrected chi connectivity index (χ0v) is 13.0. The fourth-order valence-electron chi connectivity index (χ4n) is 2.17. The van der Waals surface area contributed by atoms with Crippen LogP contribution in [0.15, 0.2) is 56.3 Å². The molecule has 0 N–H and O–H groups in total. The molecule has 2 nitrogen and oxygen atoms in total. The summed E-state index contributed by atoms with van der Waals surface area (Å²) in [7, 11) is 0. The Hall–Kier alpha value is -1.58. The molecule has 0 aliphatic rings. The van der Waals surface area contributed by atoms with Crippen LogP contribution in [-0.2, 0) is 0 Å². The Labute approximate surface area is 129 Å². The molecular weight excluding hydrogens is 340 g/mol. The summed E-state index contributed by atoms with van der Waals surface area (Å²) in [4.78, 5) is 12.6. The van der Waals surface area contributed by atoms with Crippen molar-refractivity contribution in [3.8, 4) is 11.1 Å². The van der Waals surface area contributed by atoms with Gasteiger partial charge in [0.15, 0.2) is 0 Å². The molecule has 2 aromatic carbocycles. The standard InChI is InChI=1S/C16H10BrClO2/c1-9-2-4-11(18)7-12(9)14-8-20-15-5-3-10(17)6-13(15)16(14)19/h2-8H,1H3. The van der Waals surface area contributed by atoms with Crippen LogP contribution >= 0.6 is 27.5 Å². The van der Waals surface area contributed by atoms with Gasteiger partial charge in [0.1, 0.15) is 11.8 Å². The Morgan fingerprint density at radius 2 is 1.90 bits per heavy atom. The number of halogens is 2. The Bertz CT molecular complexity index is 868. The maximum atomic E-state index is 12.6. The van der Waals surface area contributed by atoms with Gasteiger partial charge in [0.2, 0.25) is 5.43 Å². The second-order valence-electron chi connectivity index (χ2n) is 4.58. The van der Waals surface area contributed by atoms with Gasteiger partial charge in [-0.05, 0) is 48.4 Å². The van der Waals surface area contributed by atoms with Gasteiger partial charge in [-0.3, -0.25) is 4.79 Å². The van der Waals surface area contributed by atoms with Gasteiger partial charge >= 0.3 is 0 Å². The van der Waals surface area contributed by atoms with E-state index in [-0.39, 0.29) is 5.43 Å². The molecule has 1 aromatic heterocycles. The van der Waals surface area contributed by atoms with Crippen molar-refractivity contribution in [1.82, 2.24) is 0 Å². The Balaban J connectivity index is 2.35. The van der Waals surface area contributed by atoms with E-state index in [1.165, 1.54) is 6.26 Å². The highest BCUT2D eigenvalue weighted by molar-refractivity contribution is 9.10. The minimum absolute atomic E-state index is 0.0575. The minimum atomic E-state index is -0.0575. The number of hydrogen-bond donors (Lipinski definition) is 0. The van der Waals surface area contributed by atoms with E-state index in [9.17, 15) is 4.79 Å². The first-order valence-electron chi connectivity index (χ1n) is 6.04. The van der Waals surface area contributed by atoms with Gasteiger partial charge in [-0.1, -0.05) is 33.6 Å². The van der Waals surface area contributed by atoms with Crippen LogP contribution in [0.1, 0.15) is 5.56 Å². The van der Waals surface area contributed by atoms with Crippen LogP contribution in [0.4, 0.5) is 0 Å². The SMILES string of the molecule is Cc1ccc(Cl)cc1-c1coc2ccc(Br)cc2c1=O. The van der Waals surface area contributed by atoms with Crippen LogP contribution in [0.5, 0.6) is 0 Å². The summed E-state index contributed by atoms with van der Waals surface area (Å²) < 4.78 is 6.41. The molecule has 0 unspecified atom stereocenters. The normalized spacial score (nSPS) is 10.9. The van der Waals surface area contributed by atoms with Gasteiger partial charge in [0.25, 0.3) is 0 Å². The minimum Gasteiger partial charge on any atom is -0.463 e. The van der Waals surface area contributed by atoms with Crippen LogP contribution in [0.25, 0.3) is 22.1 Å². The number of benzene rings is 2. The lowest BCUT2D eigenvalue weighted by Gasteiger charge is -2.07. The molecule has 0 atom stereocenters. The van der Waals surface area contributed by atoms with Crippen molar-refractivity contribution >= 4 is 38.5 Å². The highest BCUT2D eigenvalue weighted by Crippen LogP contribution is 2.26. The van der Waals surface area contributed by atoms with Crippen LogP contribution in [0.2, 0.25) is 5.02 Å². The van der Waals surface area contributed by atoms with Gasteiger partial charge in [-0.25, -0.2) is 0 Å². The Morgan fingerprint density at radius 3 is 2.70 bits per heavy atom. The van der Waals surface area contributed by atoms with Gasteiger partial charge in [-0.15, -0.1) is 0 Å². The molecule has 3 rings (SSSR count). The topological polar surface area (TPSA) is 30.2 Å². The van der Waals surface area contributed by atoms with Gasteiger partial charge in [0, 0.05) is 9.50 Å². The average molecular weight is 350 g/mol. The van der Waals surface area contributed by atoms with Crippen LogP contribution in [0.3, 0.4) is 0 Å². The molecule has 0 amide bonds. The van der Waals surface area contributed by atoms with Crippen molar-refractivity contribution in [2.45, 2.75) is 6.92 Å².